The summed E-state index contributed by atoms with van der Waals surface area (Å²) < 4.78 is 4.91. The van der Waals surface area contributed by atoms with Crippen molar-refractivity contribution in [3.8, 4) is 5.75 Å². The first-order valence-corrected chi connectivity index (χ1v) is 5.89. The van der Waals surface area contributed by atoms with E-state index < -0.39 is 11.6 Å². The van der Waals surface area contributed by atoms with Gasteiger partial charge in [0, 0.05) is 23.9 Å². The zero-order valence-corrected chi connectivity index (χ0v) is 10.8. The van der Waals surface area contributed by atoms with Crippen molar-refractivity contribution in [3.63, 3.8) is 0 Å². The molecule has 0 fully saturated rings. The molecule has 0 spiro atoms. The molecule has 0 aliphatic heterocycles. The predicted molar refractivity (Wildman–Crippen MR) is 71.4 cm³/mol. The van der Waals surface area contributed by atoms with Crippen LogP contribution in [0.1, 0.15) is 25.3 Å². The summed E-state index contributed by atoms with van der Waals surface area (Å²) in [4.78, 5) is 20.6. The van der Waals surface area contributed by atoms with Gasteiger partial charge in [0.1, 0.15) is 11.3 Å². The summed E-state index contributed by atoms with van der Waals surface area (Å²) in [6.45, 7) is 3.67. The molecule has 0 amide bonds. The third kappa shape index (κ3) is 4.46. The van der Waals surface area contributed by atoms with Gasteiger partial charge in [0.2, 0.25) is 0 Å². The second-order valence-electron chi connectivity index (χ2n) is 4.07. The lowest BCUT2D eigenvalue weighted by Crippen LogP contribution is -1.97. The highest BCUT2D eigenvalue weighted by Crippen LogP contribution is 2.20. The third-order valence-corrected chi connectivity index (χ3v) is 2.40. The minimum atomic E-state index is -0.711. The van der Waals surface area contributed by atoms with Crippen LogP contribution in [0, 0.1) is 6.92 Å². The highest BCUT2D eigenvalue weighted by atomic mass is 16.4. The van der Waals surface area contributed by atoms with Crippen LogP contribution in [0.3, 0.4) is 0 Å². The smallest absolute Gasteiger partial charge is 0.336 e. The van der Waals surface area contributed by atoms with Crippen molar-refractivity contribution in [1.82, 2.24) is 0 Å². The molecule has 1 heterocycles. The Hall–Kier alpha value is -2.30. The molecule has 102 valence electrons. The zero-order valence-electron chi connectivity index (χ0n) is 10.8. The Labute approximate surface area is 110 Å². The minimum Gasteiger partial charge on any atom is -0.508 e. The molecule has 0 bridgehead atoms. The fourth-order valence-corrected chi connectivity index (χ4v) is 1.53. The third-order valence-electron chi connectivity index (χ3n) is 2.40. The van der Waals surface area contributed by atoms with Gasteiger partial charge in [0.05, 0.1) is 0 Å². The SMILES string of the molecule is CCCC(=O)O.Cc1cc(=O)oc2cc(O)ccc12. The Balaban J connectivity index is 0.000000258. The summed E-state index contributed by atoms with van der Waals surface area (Å²) in [5.74, 6) is -0.612. The number of aliphatic carboxylic acids is 1. The molecule has 0 radical (unpaired) electrons. The molecule has 19 heavy (non-hydrogen) atoms. The molecule has 1 aromatic heterocycles. The standard InChI is InChI=1S/C10H8O3.C4H8O2/c1-6-4-10(12)13-9-5-7(11)2-3-8(6)9;1-2-3-4(5)6/h2-5,11H,1H3;2-3H2,1H3,(H,5,6). The first-order chi connectivity index (χ1) is 8.93. The zero-order chi connectivity index (χ0) is 14.4. The number of benzene rings is 1. The second kappa shape index (κ2) is 6.58. The molecular formula is C14H16O5. The van der Waals surface area contributed by atoms with Crippen molar-refractivity contribution in [2.24, 2.45) is 0 Å². The molecule has 0 aliphatic carbocycles. The maximum Gasteiger partial charge on any atom is 0.336 e. The van der Waals surface area contributed by atoms with Crippen LogP contribution < -0.4 is 5.63 Å². The molecule has 2 aromatic rings. The van der Waals surface area contributed by atoms with E-state index in [1.54, 1.807) is 12.1 Å². The monoisotopic (exact) mass is 264 g/mol. The van der Waals surface area contributed by atoms with Crippen molar-refractivity contribution in [2.45, 2.75) is 26.7 Å². The van der Waals surface area contributed by atoms with Crippen LogP contribution in [0.15, 0.2) is 33.5 Å². The van der Waals surface area contributed by atoms with Gasteiger partial charge in [-0.05, 0) is 31.0 Å². The van der Waals surface area contributed by atoms with E-state index in [2.05, 4.69) is 0 Å². The number of phenolic OH excluding ortho intramolecular Hbond substituents is 1. The number of phenols is 1. The summed E-state index contributed by atoms with van der Waals surface area (Å²) in [6, 6.07) is 6.15. The number of carboxylic acid groups (broad SMARTS) is 1. The van der Waals surface area contributed by atoms with Crippen LogP contribution in [-0.2, 0) is 4.79 Å². The van der Waals surface area contributed by atoms with Gasteiger partial charge in [0.25, 0.3) is 0 Å². The number of carbonyl (C=O) groups is 1. The average Bonchev–Trinajstić information content (AvgIpc) is 2.28. The lowest BCUT2D eigenvalue weighted by atomic mass is 10.1. The molecule has 1 aromatic carbocycles. The van der Waals surface area contributed by atoms with E-state index in [1.807, 2.05) is 13.8 Å². The van der Waals surface area contributed by atoms with Crippen molar-refractivity contribution >= 4 is 16.9 Å². The molecule has 0 atom stereocenters. The first-order valence-electron chi connectivity index (χ1n) is 5.89. The molecule has 2 rings (SSSR count). The number of aryl methyl sites for hydroxylation is 1. The highest BCUT2D eigenvalue weighted by molar-refractivity contribution is 5.81. The van der Waals surface area contributed by atoms with E-state index in [4.69, 9.17) is 14.6 Å². The quantitative estimate of drug-likeness (QED) is 0.814. The Kier molecular flexibility index (Phi) is 5.11. The first kappa shape index (κ1) is 14.8. The van der Waals surface area contributed by atoms with Crippen LogP contribution in [0.25, 0.3) is 11.0 Å². The highest BCUT2D eigenvalue weighted by Gasteiger charge is 2.01. The summed E-state index contributed by atoms with van der Waals surface area (Å²) >= 11 is 0. The lowest BCUT2D eigenvalue weighted by molar-refractivity contribution is -0.137. The predicted octanol–water partition coefficient (Wildman–Crippen LogP) is 2.68. The molecular weight excluding hydrogens is 248 g/mol. The van der Waals surface area contributed by atoms with E-state index in [1.165, 1.54) is 12.1 Å². The van der Waals surface area contributed by atoms with Crippen LogP contribution >= 0.6 is 0 Å². The number of hydrogen-bond acceptors (Lipinski definition) is 4. The molecule has 5 heteroatoms. The van der Waals surface area contributed by atoms with Crippen molar-refractivity contribution in [1.29, 1.82) is 0 Å². The Bertz CT molecular complexity index is 627. The molecule has 0 saturated heterocycles. The molecule has 0 saturated carbocycles. The number of rotatable bonds is 2. The van der Waals surface area contributed by atoms with E-state index in [0.29, 0.717) is 12.0 Å². The fourth-order valence-electron chi connectivity index (χ4n) is 1.53. The van der Waals surface area contributed by atoms with Crippen LogP contribution in [0.4, 0.5) is 0 Å². The normalized spacial score (nSPS) is 9.79. The number of hydrogen-bond donors (Lipinski definition) is 2. The summed E-state index contributed by atoms with van der Waals surface area (Å²) in [7, 11) is 0. The Morgan fingerprint density at radius 1 is 1.32 bits per heavy atom. The summed E-state index contributed by atoms with van der Waals surface area (Å²) in [5, 5.41) is 17.9. The maximum absolute atomic E-state index is 11.0. The van der Waals surface area contributed by atoms with Gasteiger partial charge in [-0.3, -0.25) is 4.79 Å². The van der Waals surface area contributed by atoms with E-state index >= 15 is 0 Å². The number of fused-ring (bicyclic) bond motifs is 1. The fraction of sp³-hybridized carbons (Fsp3) is 0.286. The number of aromatic hydroxyl groups is 1. The van der Waals surface area contributed by atoms with Crippen molar-refractivity contribution in [3.05, 3.63) is 40.2 Å². The minimum absolute atomic E-state index is 0.0984. The van der Waals surface area contributed by atoms with Crippen molar-refractivity contribution in [2.75, 3.05) is 0 Å². The van der Waals surface area contributed by atoms with E-state index in [9.17, 15) is 9.59 Å². The maximum atomic E-state index is 11.0. The van der Waals surface area contributed by atoms with Gasteiger partial charge in [-0.25, -0.2) is 4.79 Å². The molecule has 2 N–H and O–H groups in total. The largest absolute Gasteiger partial charge is 0.508 e. The molecule has 5 nitrogen and oxygen atoms in total. The Morgan fingerprint density at radius 2 is 2.00 bits per heavy atom. The van der Waals surface area contributed by atoms with Crippen LogP contribution in [-0.4, -0.2) is 16.2 Å². The van der Waals surface area contributed by atoms with Gasteiger partial charge < -0.3 is 14.6 Å². The average molecular weight is 264 g/mol. The lowest BCUT2D eigenvalue weighted by Gasteiger charge is -1.99. The topological polar surface area (TPSA) is 87.7 Å². The van der Waals surface area contributed by atoms with E-state index in [0.717, 1.165) is 17.4 Å². The van der Waals surface area contributed by atoms with E-state index in [-0.39, 0.29) is 5.75 Å². The molecule has 0 aliphatic rings. The van der Waals surface area contributed by atoms with Gasteiger partial charge in [-0.1, -0.05) is 6.92 Å². The molecule has 0 unspecified atom stereocenters. The van der Waals surface area contributed by atoms with Gasteiger partial charge in [0.15, 0.2) is 0 Å². The van der Waals surface area contributed by atoms with Gasteiger partial charge in [-0.15, -0.1) is 0 Å². The second-order valence-corrected chi connectivity index (χ2v) is 4.07. The summed E-state index contributed by atoms with van der Waals surface area (Å²) in [5.41, 5.74) is 0.881. The van der Waals surface area contributed by atoms with Crippen LogP contribution in [0.2, 0.25) is 0 Å². The summed E-state index contributed by atoms with van der Waals surface area (Å²) in [6.07, 6.45) is 1.02. The van der Waals surface area contributed by atoms with Gasteiger partial charge >= 0.3 is 11.6 Å². The number of carboxylic acids is 1. The van der Waals surface area contributed by atoms with Gasteiger partial charge in [-0.2, -0.15) is 0 Å². The Morgan fingerprint density at radius 3 is 2.53 bits per heavy atom. The van der Waals surface area contributed by atoms with Crippen molar-refractivity contribution < 1.29 is 19.4 Å². The van der Waals surface area contributed by atoms with Crippen LogP contribution in [0.5, 0.6) is 5.75 Å².